The first-order chi connectivity index (χ1) is 9.63. The van der Waals surface area contributed by atoms with E-state index in [4.69, 9.17) is 4.42 Å². The lowest BCUT2D eigenvalue weighted by Gasteiger charge is -2.13. The number of nitrogens with one attached hydrogen (secondary N) is 1. The van der Waals surface area contributed by atoms with Gasteiger partial charge in [-0.1, -0.05) is 18.2 Å². The number of hydrogen-bond acceptors (Lipinski definition) is 2. The molecule has 1 unspecified atom stereocenters. The Morgan fingerprint density at radius 3 is 2.70 bits per heavy atom. The second-order valence-corrected chi connectivity index (χ2v) is 5.54. The topological polar surface area (TPSA) is 25.2 Å². The maximum Gasteiger partial charge on any atom is 0.139 e. The summed E-state index contributed by atoms with van der Waals surface area (Å²) in [5.41, 5.74) is 1.58. The van der Waals surface area contributed by atoms with Crippen LogP contribution in [0.4, 0.5) is 10.1 Å². The predicted octanol–water partition coefficient (Wildman–Crippen LogP) is 5.51. The summed E-state index contributed by atoms with van der Waals surface area (Å²) in [4.78, 5) is 0. The highest BCUT2D eigenvalue weighted by atomic mass is 79.9. The van der Waals surface area contributed by atoms with Gasteiger partial charge in [0.25, 0.3) is 0 Å². The highest BCUT2D eigenvalue weighted by Gasteiger charge is 2.12. The van der Waals surface area contributed by atoms with E-state index in [2.05, 4.69) is 21.2 Å². The SMILES string of the molecule is CC(Nc1ccc(Br)c(F)c1)c1cc2ccccc2o1. The molecule has 0 fully saturated rings. The summed E-state index contributed by atoms with van der Waals surface area (Å²) >= 11 is 3.14. The summed E-state index contributed by atoms with van der Waals surface area (Å²) in [7, 11) is 0. The molecule has 20 heavy (non-hydrogen) atoms. The van der Waals surface area contributed by atoms with Crippen molar-refractivity contribution in [3.63, 3.8) is 0 Å². The molecule has 0 spiro atoms. The quantitative estimate of drug-likeness (QED) is 0.683. The lowest BCUT2D eigenvalue weighted by Crippen LogP contribution is -2.05. The summed E-state index contributed by atoms with van der Waals surface area (Å²) < 4.78 is 19.7. The van der Waals surface area contributed by atoms with Crippen molar-refractivity contribution in [3.05, 3.63) is 64.6 Å². The van der Waals surface area contributed by atoms with Gasteiger partial charge in [-0.3, -0.25) is 0 Å². The van der Waals surface area contributed by atoms with Crippen molar-refractivity contribution in [3.8, 4) is 0 Å². The molecule has 0 aliphatic rings. The minimum absolute atomic E-state index is 0.0389. The van der Waals surface area contributed by atoms with Crippen LogP contribution in [0.5, 0.6) is 0 Å². The Morgan fingerprint density at radius 2 is 1.95 bits per heavy atom. The summed E-state index contributed by atoms with van der Waals surface area (Å²) in [6, 6.07) is 14.8. The van der Waals surface area contributed by atoms with Crippen molar-refractivity contribution in [1.29, 1.82) is 0 Å². The molecule has 0 bridgehead atoms. The first-order valence-corrected chi connectivity index (χ1v) is 7.13. The molecule has 102 valence electrons. The fraction of sp³-hybridized carbons (Fsp3) is 0.125. The van der Waals surface area contributed by atoms with Crippen LogP contribution in [-0.4, -0.2) is 0 Å². The number of benzene rings is 2. The van der Waals surface area contributed by atoms with Crippen LogP contribution in [-0.2, 0) is 0 Å². The van der Waals surface area contributed by atoms with Crippen LogP contribution in [0.3, 0.4) is 0 Å². The van der Waals surface area contributed by atoms with Gasteiger partial charge < -0.3 is 9.73 Å². The van der Waals surface area contributed by atoms with Gasteiger partial charge in [-0.05, 0) is 53.2 Å². The third-order valence-electron chi connectivity index (χ3n) is 3.17. The van der Waals surface area contributed by atoms with Crippen molar-refractivity contribution < 1.29 is 8.81 Å². The van der Waals surface area contributed by atoms with Gasteiger partial charge in [0.1, 0.15) is 17.2 Å². The second-order valence-electron chi connectivity index (χ2n) is 4.68. The lowest BCUT2D eigenvalue weighted by molar-refractivity contribution is 0.526. The van der Waals surface area contributed by atoms with Crippen LogP contribution >= 0.6 is 15.9 Å². The Bertz CT molecular complexity index is 720. The van der Waals surface area contributed by atoms with Gasteiger partial charge in [0.05, 0.1) is 10.5 Å². The normalized spacial score (nSPS) is 12.6. The Labute approximate surface area is 124 Å². The van der Waals surface area contributed by atoms with E-state index in [9.17, 15) is 4.39 Å². The Hall–Kier alpha value is -1.81. The van der Waals surface area contributed by atoms with Crippen LogP contribution in [0, 0.1) is 5.82 Å². The summed E-state index contributed by atoms with van der Waals surface area (Å²) in [5, 5.41) is 4.30. The minimum atomic E-state index is -0.285. The number of furan rings is 1. The third kappa shape index (κ3) is 2.56. The summed E-state index contributed by atoms with van der Waals surface area (Å²) in [6.45, 7) is 1.98. The van der Waals surface area contributed by atoms with Crippen LogP contribution < -0.4 is 5.32 Å². The van der Waals surface area contributed by atoms with Crippen molar-refractivity contribution in [2.75, 3.05) is 5.32 Å². The number of hydrogen-bond donors (Lipinski definition) is 1. The molecule has 0 aliphatic heterocycles. The highest BCUT2D eigenvalue weighted by molar-refractivity contribution is 9.10. The molecule has 4 heteroatoms. The fourth-order valence-electron chi connectivity index (χ4n) is 2.12. The number of halogens is 2. The fourth-order valence-corrected chi connectivity index (χ4v) is 2.37. The van der Waals surface area contributed by atoms with Crippen LogP contribution in [0.1, 0.15) is 18.7 Å². The zero-order valence-electron chi connectivity index (χ0n) is 10.9. The van der Waals surface area contributed by atoms with E-state index < -0.39 is 0 Å². The molecule has 1 atom stereocenters. The van der Waals surface area contributed by atoms with Gasteiger partial charge in [-0.2, -0.15) is 0 Å². The molecule has 3 rings (SSSR count). The first-order valence-electron chi connectivity index (χ1n) is 6.33. The van der Waals surface area contributed by atoms with Crippen molar-refractivity contribution >= 4 is 32.6 Å². The largest absolute Gasteiger partial charge is 0.459 e. The van der Waals surface area contributed by atoms with E-state index in [1.807, 2.05) is 43.3 Å². The number of fused-ring (bicyclic) bond motifs is 1. The molecule has 3 aromatic rings. The van der Waals surface area contributed by atoms with Gasteiger partial charge in [-0.15, -0.1) is 0 Å². The molecule has 2 aromatic carbocycles. The molecular weight excluding hydrogens is 321 g/mol. The van der Waals surface area contributed by atoms with E-state index in [1.54, 1.807) is 6.07 Å². The molecule has 1 heterocycles. The smallest absolute Gasteiger partial charge is 0.139 e. The van der Waals surface area contributed by atoms with Crippen LogP contribution in [0.25, 0.3) is 11.0 Å². The van der Waals surface area contributed by atoms with Gasteiger partial charge in [-0.25, -0.2) is 4.39 Å². The molecule has 0 amide bonds. The summed E-state index contributed by atoms with van der Waals surface area (Å²) in [5.74, 6) is 0.543. The van der Waals surface area contributed by atoms with Gasteiger partial charge in [0.2, 0.25) is 0 Å². The van der Waals surface area contributed by atoms with Crippen molar-refractivity contribution in [1.82, 2.24) is 0 Å². The molecule has 0 aliphatic carbocycles. The zero-order chi connectivity index (χ0) is 14.1. The highest BCUT2D eigenvalue weighted by Crippen LogP contribution is 2.27. The Balaban J connectivity index is 1.84. The average Bonchev–Trinajstić information content (AvgIpc) is 2.87. The van der Waals surface area contributed by atoms with E-state index in [0.29, 0.717) is 4.47 Å². The average molecular weight is 334 g/mol. The predicted molar refractivity (Wildman–Crippen MR) is 82.4 cm³/mol. The van der Waals surface area contributed by atoms with Crippen LogP contribution in [0.2, 0.25) is 0 Å². The first kappa shape index (κ1) is 13.2. The van der Waals surface area contributed by atoms with Gasteiger partial charge in [0, 0.05) is 11.1 Å². The summed E-state index contributed by atoms with van der Waals surface area (Å²) in [6.07, 6.45) is 0. The van der Waals surface area contributed by atoms with Crippen LogP contribution in [0.15, 0.2) is 57.4 Å². The molecule has 1 aromatic heterocycles. The van der Waals surface area contributed by atoms with E-state index >= 15 is 0 Å². The minimum Gasteiger partial charge on any atom is -0.459 e. The molecule has 1 N–H and O–H groups in total. The molecule has 0 radical (unpaired) electrons. The molecular formula is C16H13BrFNO. The monoisotopic (exact) mass is 333 g/mol. The molecule has 0 saturated heterocycles. The second kappa shape index (κ2) is 5.29. The lowest BCUT2D eigenvalue weighted by atomic mass is 10.2. The van der Waals surface area contributed by atoms with E-state index in [0.717, 1.165) is 22.4 Å². The van der Waals surface area contributed by atoms with Gasteiger partial charge in [0.15, 0.2) is 0 Å². The van der Waals surface area contributed by atoms with Gasteiger partial charge >= 0.3 is 0 Å². The molecule has 2 nitrogen and oxygen atoms in total. The zero-order valence-corrected chi connectivity index (χ0v) is 12.4. The molecule has 0 saturated carbocycles. The van der Waals surface area contributed by atoms with E-state index in [1.165, 1.54) is 6.07 Å². The Kier molecular flexibility index (Phi) is 3.49. The number of para-hydroxylation sites is 1. The van der Waals surface area contributed by atoms with E-state index in [-0.39, 0.29) is 11.9 Å². The third-order valence-corrected chi connectivity index (χ3v) is 3.82. The maximum absolute atomic E-state index is 13.5. The number of rotatable bonds is 3. The Morgan fingerprint density at radius 1 is 1.15 bits per heavy atom. The maximum atomic E-state index is 13.5. The van der Waals surface area contributed by atoms with Crippen molar-refractivity contribution in [2.24, 2.45) is 0 Å². The standard InChI is InChI=1S/C16H13BrFNO/c1-10(19-12-6-7-13(17)14(18)9-12)16-8-11-4-2-3-5-15(11)20-16/h2-10,19H,1H3. The van der Waals surface area contributed by atoms with Crippen molar-refractivity contribution in [2.45, 2.75) is 13.0 Å². The number of anilines is 1.